The van der Waals surface area contributed by atoms with Gasteiger partial charge in [-0.2, -0.15) is 0 Å². The summed E-state index contributed by atoms with van der Waals surface area (Å²) in [4.78, 5) is 14.6. The standard InChI is InChI=1S/C15H19F2N5O/c16-11(17)7-15(8-23)3-5-22(6-4-15)14-10-1-2-12(18)21-13(10)19-9-20-14/h1-2,9,11,23H,3-8H2,(H2,18,19,20,21). The summed E-state index contributed by atoms with van der Waals surface area (Å²) < 4.78 is 25.5. The van der Waals surface area contributed by atoms with Gasteiger partial charge in [0.25, 0.3) is 0 Å². The van der Waals surface area contributed by atoms with Crippen molar-refractivity contribution in [2.24, 2.45) is 5.41 Å². The van der Waals surface area contributed by atoms with Crippen LogP contribution in [0.25, 0.3) is 11.0 Å². The minimum atomic E-state index is -2.40. The molecule has 3 heterocycles. The zero-order chi connectivity index (χ0) is 16.4. The minimum Gasteiger partial charge on any atom is -0.396 e. The summed E-state index contributed by atoms with van der Waals surface area (Å²) >= 11 is 0. The zero-order valence-corrected chi connectivity index (χ0v) is 12.6. The van der Waals surface area contributed by atoms with Crippen LogP contribution in [-0.2, 0) is 0 Å². The Bertz CT molecular complexity index is 689. The number of pyridine rings is 1. The zero-order valence-electron chi connectivity index (χ0n) is 12.6. The van der Waals surface area contributed by atoms with Crippen molar-refractivity contribution in [1.29, 1.82) is 0 Å². The monoisotopic (exact) mass is 323 g/mol. The van der Waals surface area contributed by atoms with Gasteiger partial charge in [0.05, 0.1) is 5.39 Å². The van der Waals surface area contributed by atoms with Crippen molar-refractivity contribution in [3.63, 3.8) is 0 Å². The van der Waals surface area contributed by atoms with E-state index in [9.17, 15) is 13.9 Å². The average Bonchev–Trinajstić information content (AvgIpc) is 2.54. The average molecular weight is 323 g/mol. The number of aliphatic hydroxyl groups is 1. The highest BCUT2D eigenvalue weighted by Gasteiger charge is 2.37. The van der Waals surface area contributed by atoms with Gasteiger partial charge in [-0.25, -0.2) is 23.7 Å². The fourth-order valence-electron chi connectivity index (χ4n) is 3.14. The van der Waals surface area contributed by atoms with Crippen LogP contribution in [0, 0.1) is 5.41 Å². The third-order valence-electron chi connectivity index (χ3n) is 4.54. The van der Waals surface area contributed by atoms with E-state index in [1.807, 2.05) is 11.0 Å². The summed E-state index contributed by atoms with van der Waals surface area (Å²) in [6.45, 7) is 0.904. The van der Waals surface area contributed by atoms with Crippen LogP contribution in [0.4, 0.5) is 20.4 Å². The molecule has 2 aromatic heterocycles. The second-order valence-corrected chi connectivity index (χ2v) is 6.04. The molecule has 2 aromatic rings. The number of hydrogen-bond acceptors (Lipinski definition) is 6. The fraction of sp³-hybridized carbons (Fsp3) is 0.533. The van der Waals surface area contributed by atoms with Gasteiger partial charge in [0.15, 0.2) is 5.65 Å². The molecule has 0 bridgehead atoms. The Balaban J connectivity index is 1.83. The number of rotatable bonds is 4. The van der Waals surface area contributed by atoms with Gasteiger partial charge >= 0.3 is 0 Å². The molecule has 0 saturated carbocycles. The molecular formula is C15H19F2N5O. The second kappa shape index (κ2) is 6.19. The van der Waals surface area contributed by atoms with Crippen molar-refractivity contribution >= 4 is 22.7 Å². The number of anilines is 2. The van der Waals surface area contributed by atoms with E-state index in [0.717, 1.165) is 11.2 Å². The number of fused-ring (bicyclic) bond motifs is 1. The van der Waals surface area contributed by atoms with Crippen LogP contribution in [0.2, 0.25) is 0 Å². The number of aliphatic hydroxyl groups excluding tert-OH is 1. The van der Waals surface area contributed by atoms with Crippen LogP contribution in [0.1, 0.15) is 19.3 Å². The van der Waals surface area contributed by atoms with Gasteiger partial charge < -0.3 is 15.7 Å². The van der Waals surface area contributed by atoms with E-state index < -0.39 is 11.8 Å². The fourth-order valence-corrected chi connectivity index (χ4v) is 3.14. The highest BCUT2D eigenvalue weighted by Crippen LogP contribution is 2.38. The Morgan fingerprint density at radius 2 is 2.00 bits per heavy atom. The lowest BCUT2D eigenvalue weighted by molar-refractivity contribution is 0.0168. The summed E-state index contributed by atoms with van der Waals surface area (Å²) in [5, 5.41) is 10.3. The van der Waals surface area contributed by atoms with Crippen LogP contribution < -0.4 is 10.6 Å². The van der Waals surface area contributed by atoms with E-state index in [0.29, 0.717) is 37.4 Å². The molecule has 0 amide bonds. The van der Waals surface area contributed by atoms with Crippen molar-refractivity contribution in [1.82, 2.24) is 15.0 Å². The van der Waals surface area contributed by atoms with Crippen molar-refractivity contribution < 1.29 is 13.9 Å². The molecule has 1 aliphatic rings. The molecule has 3 rings (SSSR count). The first-order chi connectivity index (χ1) is 11.0. The molecule has 124 valence electrons. The van der Waals surface area contributed by atoms with Gasteiger partial charge in [0.1, 0.15) is 18.0 Å². The predicted octanol–water partition coefficient (Wildman–Crippen LogP) is 1.84. The summed E-state index contributed by atoms with van der Waals surface area (Å²) in [6, 6.07) is 3.51. The van der Waals surface area contributed by atoms with Gasteiger partial charge in [-0.3, -0.25) is 0 Å². The lowest BCUT2D eigenvalue weighted by Crippen LogP contribution is -2.43. The SMILES string of the molecule is Nc1ccc2c(N3CCC(CO)(CC(F)F)CC3)ncnc2n1. The largest absolute Gasteiger partial charge is 0.396 e. The van der Waals surface area contributed by atoms with Gasteiger partial charge in [0, 0.05) is 31.5 Å². The van der Waals surface area contributed by atoms with E-state index in [1.165, 1.54) is 6.33 Å². The van der Waals surface area contributed by atoms with Crippen LogP contribution in [0.15, 0.2) is 18.5 Å². The first-order valence-corrected chi connectivity index (χ1v) is 7.54. The van der Waals surface area contributed by atoms with Crippen molar-refractivity contribution in [3.05, 3.63) is 18.5 Å². The number of hydrogen-bond donors (Lipinski definition) is 2. The Morgan fingerprint density at radius 3 is 2.65 bits per heavy atom. The van der Waals surface area contributed by atoms with Crippen molar-refractivity contribution in [2.75, 3.05) is 30.3 Å². The Kier molecular flexibility index (Phi) is 4.25. The van der Waals surface area contributed by atoms with Crippen LogP contribution in [-0.4, -0.2) is 46.2 Å². The molecule has 0 unspecified atom stereocenters. The number of nitrogens with two attached hydrogens (primary N) is 1. The maximum atomic E-state index is 12.8. The topological polar surface area (TPSA) is 88.2 Å². The molecule has 1 saturated heterocycles. The van der Waals surface area contributed by atoms with Crippen LogP contribution in [0.5, 0.6) is 0 Å². The maximum Gasteiger partial charge on any atom is 0.239 e. The molecule has 0 aliphatic carbocycles. The van der Waals surface area contributed by atoms with E-state index in [4.69, 9.17) is 5.73 Å². The molecule has 0 atom stereocenters. The van der Waals surface area contributed by atoms with Crippen molar-refractivity contribution in [2.45, 2.75) is 25.7 Å². The van der Waals surface area contributed by atoms with E-state index >= 15 is 0 Å². The quantitative estimate of drug-likeness (QED) is 0.892. The van der Waals surface area contributed by atoms with Gasteiger partial charge in [-0.15, -0.1) is 0 Å². The van der Waals surface area contributed by atoms with E-state index in [-0.39, 0.29) is 13.0 Å². The molecule has 1 aliphatic heterocycles. The number of piperidine rings is 1. The summed E-state index contributed by atoms with van der Waals surface area (Å²) in [6.07, 6.45) is -0.235. The van der Waals surface area contributed by atoms with Gasteiger partial charge in [-0.05, 0) is 25.0 Å². The lowest BCUT2D eigenvalue weighted by Gasteiger charge is -2.41. The number of nitrogen functional groups attached to an aromatic ring is 1. The smallest absolute Gasteiger partial charge is 0.239 e. The molecule has 0 aromatic carbocycles. The molecule has 0 spiro atoms. The number of alkyl halides is 2. The van der Waals surface area contributed by atoms with Crippen molar-refractivity contribution in [3.8, 4) is 0 Å². The van der Waals surface area contributed by atoms with E-state index in [1.54, 1.807) is 6.07 Å². The maximum absolute atomic E-state index is 12.8. The molecule has 1 fully saturated rings. The first-order valence-electron chi connectivity index (χ1n) is 7.54. The van der Waals surface area contributed by atoms with Crippen LogP contribution >= 0.6 is 0 Å². The van der Waals surface area contributed by atoms with Gasteiger partial charge in [0.2, 0.25) is 6.43 Å². The minimum absolute atomic E-state index is 0.214. The van der Waals surface area contributed by atoms with Crippen LogP contribution in [0.3, 0.4) is 0 Å². The molecule has 8 heteroatoms. The van der Waals surface area contributed by atoms with Gasteiger partial charge in [-0.1, -0.05) is 0 Å². The predicted molar refractivity (Wildman–Crippen MR) is 83.3 cm³/mol. The molecule has 23 heavy (non-hydrogen) atoms. The molecule has 0 radical (unpaired) electrons. The first kappa shape index (κ1) is 15.8. The Hall–Kier alpha value is -2.09. The second-order valence-electron chi connectivity index (χ2n) is 6.04. The molecular weight excluding hydrogens is 304 g/mol. The van der Waals surface area contributed by atoms with E-state index in [2.05, 4.69) is 15.0 Å². The normalized spacial score (nSPS) is 17.8. The molecule has 6 nitrogen and oxygen atoms in total. The number of aromatic nitrogens is 3. The number of halogens is 2. The lowest BCUT2D eigenvalue weighted by atomic mass is 9.76. The molecule has 3 N–H and O–H groups in total. The highest BCUT2D eigenvalue weighted by molar-refractivity contribution is 5.87. The summed E-state index contributed by atoms with van der Waals surface area (Å²) in [5.41, 5.74) is 5.49. The third kappa shape index (κ3) is 3.17. The Labute approximate surface area is 132 Å². The number of nitrogens with zero attached hydrogens (tertiary/aromatic N) is 4. The Morgan fingerprint density at radius 1 is 1.26 bits per heavy atom. The summed E-state index contributed by atoms with van der Waals surface area (Å²) in [5.74, 6) is 1.11. The highest BCUT2D eigenvalue weighted by atomic mass is 19.3. The third-order valence-corrected chi connectivity index (χ3v) is 4.54. The summed E-state index contributed by atoms with van der Waals surface area (Å²) in [7, 11) is 0.